The number of nitrogens with zero attached hydrogens (tertiary/aromatic N) is 3. The second-order valence-corrected chi connectivity index (χ2v) is 9.79. The smallest absolute Gasteiger partial charge is 0.264 e. The van der Waals surface area contributed by atoms with Crippen molar-refractivity contribution in [1.29, 1.82) is 0 Å². The van der Waals surface area contributed by atoms with Gasteiger partial charge in [0.1, 0.15) is 0 Å². The van der Waals surface area contributed by atoms with E-state index >= 15 is 0 Å². The quantitative estimate of drug-likeness (QED) is 0.489. The zero-order chi connectivity index (χ0) is 21.2. The summed E-state index contributed by atoms with van der Waals surface area (Å²) in [5.41, 5.74) is 3.76. The van der Waals surface area contributed by atoms with E-state index in [2.05, 4.69) is 18.6 Å². The van der Waals surface area contributed by atoms with Gasteiger partial charge in [0.25, 0.3) is 10.0 Å². The molecule has 5 nitrogen and oxygen atoms in total. The Morgan fingerprint density at radius 1 is 1.17 bits per heavy atom. The first-order valence-electron chi connectivity index (χ1n) is 9.94. The van der Waals surface area contributed by atoms with Gasteiger partial charge in [0.15, 0.2) is 0 Å². The molecule has 6 heteroatoms. The highest BCUT2D eigenvalue weighted by atomic mass is 32.2. The Morgan fingerprint density at radius 2 is 1.86 bits per heavy atom. The zero-order valence-electron chi connectivity index (χ0n) is 17.6. The van der Waals surface area contributed by atoms with E-state index in [1.807, 2.05) is 55.8 Å². The van der Waals surface area contributed by atoms with Gasteiger partial charge in [-0.05, 0) is 55.2 Å². The molecule has 3 rings (SSSR count). The number of aryl methyl sites for hydroxylation is 1. The molecular formula is C23H29N3O2S. The molecule has 0 aliphatic carbocycles. The van der Waals surface area contributed by atoms with Crippen molar-refractivity contribution in [3.8, 4) is 0 Å². The van der Waals surface area contributed by atoms with Gasteiger partial charge in [-0.3, -0.25) is 8.99 Å². The summed E-state index contributed by atoms with van der Waals surface area (Å²) in [6.07, 6.45) is 2.63. The van der Waals surface area contributed by atoms with E-state index in [1.165, 1.54) is 9.87 Å². The highest BCUT2D eigenvalue weighted by Crippen LogP contribution is 2.28. The third kappa shape index (κ3) is 4.53. The van der Waals surface area contributed by atoms with Gasteiger partial charge in [0.05, 0.1) is 28.8 Å². The Labute approximate surface area is 173 Å². The minimum absolute atomic E-state index is 0.192. The molecule has 0 aliphatic rings. The van der Waals surface area contributed by atoms with Crippen LogP contribution < -0.4 is 4.31 Å². The molecule has 0 spiro atoms. The minimum atomic E-state index is -3.70. The molecular weight excluding hydrogens is 382 g/mol. The standard InChI is InChI=1S/C23H29N3O2S/c1-6-19-7-9-21(10-8-19)26(16-18(4)5)29(27,28)22-11-12-23-20(13-22)14-24-25(23)15-17(2)3/h7-14,18H,2,6,15-16H2,1,3-5H3. The highest BCUT2D eigenvalue weighted by Gasteiger charge is 2.26. The molecule has 0 bridgehead atoms. The lowest BCUT2D eigenvalue weighted by Gasteiger charge is -2.26. The largest absolute Gasteiger partial charge is 0.266 e. The van der Waals surface area contributed by atoms with Crippen molar-refractivity contribution in [2.24, 2.45) is 5.92 Å². The molecule has 0 saturated carbocycles. The van der Waals surface area contributed by atoms with Crippen LogP contribution in [0.15, 0.2) is 65.7 Å². The number of rotatable bonds is 8. The maximum atomic E-state index is 13.5. The molecule has 1 aromatic heterocycles. The predicted molar refractivity (Wildman–Crippen MR) is 120 cm³/mol. The van der Waals surface area contributed by atoms with Crippen LogP contribution >= 0.6 is 0 Å². The fraction of sp³-hybridized carbons (Fsp3) is 0.348. The van der Waals surface area contributed by atoms with E-state index in [0.717, 1.165) is 22.9 Å². The first-order valence-corrected chi connectivity index (χ1v) is 11.4. The molecule has 0 aliphatic heterocycles. The first kappa shape index (κ1) is 21.1. The number of fused-ring (bicyclic) bond motifs is 1. The number of benzene rings is 2. The summed E-state index contributed by atoms with van der Waals surface area (Å²) in [7, 11) is -3.70. The third-order valence-corrected chi connectivity index (χ3v) is 6.57. The molecule has 0 fully saturated rings. The Balaban J connectivity index is 2.03. The fourth-order valence-corrected chi connectivity index (χ4v) is 4.97. The lowest BCUT2D eigenvalue weighted by Crippen LogP contribution is -2.34. The van der Waals surface area contributed by atoms with Crippen molar-refractivity contribution in [3.63, 3.8) is 0 Å². The minimum Gasteiger partial charge on any atom is -0.266 e. The van der Waals surface area contributed by atoms with Crippen LogP contribution in [-0.4, -0.2) is 24.7 Å². The topological polar surface area (TPSA) is 55.2 Å². The van der Waals surface area contributed by atoms with Crippen molar-refractivity contribution in [1.82, 2.24) is 9.78 Å². The summed E-state index contributed by atoms with van der Waals surface area (Å²) >= 11 is 0. The van der Waals surface area contributed by atoms with E-state index in [0.29, 0.717) is 18.8 Å². The lowest BCUT2D eigenvalue weighted by molar-refractivity contribution is 0.578. The van der Waals surface area contributed by atoms with Crippen LogP contribution in [0.5, 0.6) is 0 Å². The van der Waals surface area contributed by atoms with Crippen LogP contribution in [0.25, 0.3) is 10.9 Å². The fourth-order valence-electron chi connectivity index (χ4n) is 3.31. The molecule has 154 valence electrons. The first-order chi connectivity index (χ1) is 13.7. The number of aromatic nitrogens is 2. The van der Waals surface area contributed by atoms with Gasteiger partial charge in [-0.25, -0.2) is 8.42 Å². The van der Waals surface area contributed by atoms with Crippen LogP contribution in [0.2, 0.25) is 0 Å². The van der Waals surface area contributed by atoms with E-state index in [4.69, 9.17) is 0 Å². The van der Waals surface area contributed by atoms with Gasteiger partial charge < -0.3 is 0 Å². The molecule has 0 saturated heterocycles. The molecule has 1 heterocycles. The van der Waals surface area contributed by atoms with Crippen LogP contribution in [0.4, 0.5) is 5.69 Å². The predicted octanol–water partition coefficient (Wildman–Crippen LogP) is 5.03. The molecule has 0 atom stereocenters. The van der Waals surface area contributed by atoms with Gasteiger partial charge in [0, 0.05) is 11.9 Å². The molecule has 0 radical (unpaired) electrons. The number of sulfonamides is 1. The molecule has 3 aromatic rings. The van der Waals surface area contributed by atoms with Gasteiger partial charge in [-0.15, -0.1) is 0 Å². The average molecular weight is 412 g/mol. The van der Waals surface area contributed by atoms with Gasteiger partial charge in [-0.2, -0.15) is 5.10 Å². The normalized spacial score (nSPS) is 11.9. The van der Waals surface area contributed by atoms with Gasteiger partial charge in [0.2, 0.25) is 0 Å². The van der Waals surface area contributed by atoms with Crippen LogP contribution in [0.3, 0.4) is 0 Å². The molecule has 29 heavy (non-hydrogen) atoms. The zero-order valence-corrected chi connectivity index (χ0v) is 18.4. The highest BCUT2D eigenvalue weighted by molar-refractivity contribution is 7.92. The summed E-state index contributed by atoms with van der Waals surface area (Å²) in [5.74, 6) is 0.192. The van der Waals surface area contributed by atoms with Gasteiger partial charge >= 0.3 is 0 Å². The Bertz CT molecular complexity index is 1110. The number of hydrogen-bond acceptors (Lipinski definition) is 3. The van der Waals surface area contributed by atoms with Crippen molar-refractivity contribution in [2.45, 2.75) is 45.6 Å². The summed E-state index contributed by atoms with van der Waals surface area (Å²) in [4.78, 5) is 0.278. The van der Waals surface area contributed by atoms with Crippen molar-refractivity contribution in [2.75, 3.05) is 10.8 Å². The average Bonchev–Trinajstić information content (AvgIpc) is 3.07. The molecule has 0 amide bonds. The number of hydrogen-bond donors (Lipinski definition) is 0. The maximum absolute atomic E-state index is 13.5. The molecule has 0 unspecified atom stereocenters. The maximum Gasteiger partial charge on any atom is 0.264 e. The Morgan fingerprint density at radius 3 is 2.45 bits per heavy atom. The van der Waals surface area contributed by atoms with E-state index < -0.39 is 10.0 Å². The number of allylic oxidation sites excluding steroid dienone is 1. The van der Waals surface area contributed by atoms with E-state index in [1.54, 1.807) is 18.3 Å². The van der Waals surface area contributed by atoms with Crippen LogP contribution in [-0.2, 0) is 23.0 Å². The summed E-state index contributed by atoms with van der Waals surface area (Å²) in [6, 6.07) is 13.0. The molecule has 0 N–H and O–H groups in total. The number of anilines is 1. The van der Waals surface area contributed by atoms with Crippen molar-refractivity contribution in [3.05, 3.63) is 66.4 Å². The monoisotopic (exact) mass is 411 g/mol. The summed E-state index contributed by atoms with van der Waals surface area (Å²) < 4.78 is 30.4. The van der Waals surface area contributed by atoms with Crippen LogP contribution in [0.1, 0.15) is 33.3 Å². The van der Waals surface area contributed by atoms with Crippen molar-refractivity contribution >= 4 is 26.6 Å². The van der Waals surface area contributed by atoms with Crippen LogP contribution in [0, 0.1) is 5.92 Å². The third-order valence-electron chi connectivity index (χ3n) is 4.78. The summed E-state index contributed by atoms with van der Waals surface area (Å²) in [6.45, 7) is 13.0. The second kappa shape index (κ2) is 8.41. The van der Waals surface area contributed by atoms with E-state index in [-0.39, 0.29) is 10.8 Å². The SMILES string of the molecule is C=C(C)Cn1ncc2cc(S(=O)(=O)N(CC(C)C)c3ccc(CC)cc3)ccc21. The Kier molecular flexibility index (Phi) is 6.13. The van der Waals surface area contributed by atoms with E-state index in [9.17, 15) is 8.42 Å². The van der Waals surface area contributed by atoms with Gasteiger partial charge in [-0.1, -0.05) is 45.1 Å². The summed E-state index contributed by atoms with van der Waals surface area (Å²) in [5, 5.41) is 5.18. The lowest BCUT2D eigenvalue weighted by atomic mass is 10.1. The molecule has 2 aromatic carbocycles. The Hall–Kier alpha value is -2.60. The van der Waals surface area contributed by atoms with Crippen molar-refractivity contribution < 1.29 is 8.42 Å². The second-order valence-electron chi connectivity index (χ2n) is 7.93.